The Morgan fingerprint density at radius 1 is 1.12 bits per heavy atom. The molecule has 0 heterocycles. The van der Waals surface area contributed by atoms with Crippen molar-refractivity contribution in [2.24, 2.45) is 5.92 Å². The van der Waals surface area contributed by atoms with E-state index < -0.39 is 0 Å². The fourth-order valence-electron chi connectivity index (χ4n) is 3.35. The predicted molar refractivity (Wildman–Crippen MR) is 102 cm³/mol. The van der Waals surface area contributed by atoms with Gasteiger partial charge >= 0.3 is 0 Å². The lowest BCUT2D eigenvalue weighted by Crippen LogP contribution is -2.43. The van der Waals surface area contributed by atoms with E-state index in [9.17, 15) is 4.79 Å². The van der Waals surface area contributed by atoms with Crippen LogP contribution in [-0.4, -0.2) is 18.6 Å². The quantitative estimate of drug-likeness (QED) is 0.810. The Morgan fingerprint density at radius 2 is 1.88 bits per heavy atom. The van der Waals surface area contributed by atoms with Crippen LogP contribution in [0, 0.1) is 5.92 Å². The zero-order valence-corrected chi connectivity index (χ0v) is 15.3. The van der Waals surface area contributed by atoms with Crippen LogP contribution in [0.4, 0.5) is 0 Å². The number of hydrogen-bond acceptors (Lipinski definition) is 2. The second kappa shape index (κ2) is 8.39. The summed E-state index contributed by atoms with van der Waals surface area (Å²) in [5.41, 5.74) is 2.12. The van der Waals surface area contributed by atoms with Crippen molar-refractivity contribution in [3.63, 3.8) is 0 Å². The lowest BCUT2D eigenvalue weighted by atomic mass is 9.86. The highest BCUT2D eigenvalue weighted by atomic mass is 35.5. The van der Waals surface area contributed by atoms with Gasteiger partial charge in [0.2, 0.25) is 0 Å². The number of nitrogens with one attached hydrogen (secondary N) is 1. The molecule has 1 fully saturated rings. The molecule has 1 aliphatic rings. The average Bonchev–Trinajstić information content (AvgIpc) is 2.63. The van der Waals surface area contributed by atoms with Crippen molar-refractivity contribution in [2.75, 3.05) is 6.61 Å². The van der Waals surface area contributed by atoms with Crippen molar-refractivity contribution < 1.29 is 9.53 Å². The van der Waals surface area contributed by atoms with Gasteiger partial charge in [0.05, 0.1) is 5.02 Å². The predicted octanol–water partition coefficient (Wildman–Crippen LogP) is 5.08. The molecule has 2 aromatic carbocycles. The van der Waals surface area contributed by atoms with Gasteiger partial charge in [0.25, 0.3) is 5.91 Å². The number of carbonyl (C=O) groups is 1. The summed E-state index contributed by atoms with van der Waals surface area (Å²) >= 11 is 6.32. The number of halogens is 1. The molecular weight excluding hydrogens is 334 g/mol. The van der Waals surface area contributed by atoms with Crippen LogP contribution < -0.4 is 10.1 Å². The standard InChI is InChI=1S/C21H24ClNO2/c1-15-7-5-6-10-19(15)23-21(24)14-25-20-12-11-17(13-18(20)22)16-8-3-2-4-9-16/h2-4,8-9,11-13,15,19H,5-7,10,14H2,1H3,(H,23,24)/t15-,19+/m1/s1. The van der Waals surface area contributed by atoms with E-state index in [0.717, 1.165) is 17.5 Å². The van der Waals surface area contributed by atoms with E-state index in [0.29, 0.717) is 16.7 Å². The third-order valence-electron chi connectivity index (χ3n) is 4.86. The summed E-state index contributed by atoms with van der Waals surface area (Å²) in [7, 11) is 0. The molecule has 2 atom stereocenters. The molecule has 0 bridgehead atoms. The first kappa shape index (κ1) is 17.8. The molecule has 1 N–H and O–H groups in total. The third kappa shape index (κ3) is 4.76. The van der Waals surface area contributed by atoms with Crippen LogP contribution in [0.2, 0.25) is 5.02 Å². The maximum absolute atomic E-state index is 12.2. The van der Waals surface area contributed by atoms with Gasteiger partial charge in [0.1, 0.15) is 5.75 Å². The summed E-state index contributed by atoms with van der Waals surface area (Å²) in [4.78, 5) is 12.2. The molecule has 0 aromatic heterocycles. The van der Waals surface area contributed by atoms with Crippen molar-refractivity contribution in [1.82, 2.24) is 5.32 Å². The van der Waals surface area contributed by atoms with Gasteiger partial charge in [-0.2, -0.15) is 0 Å². The number of carbonyl (C=O) groups excluding carboxylic acids is 1. The molecule has 3 rings (SSSR count). The number of benzene rings is 2. The Labute approximate surface area is 154 Å². The van der Waals surface area contributed by atoms with E-state index in [2.05, 4.69) is 12.2 Å². The Bertz CT molecular complexity index is 717. The van der Waals surface area contributed by atoms with Crippen LogP contribution >= 0.6 is 11.6 Å². The lowest BCUT2D eigenvalue weighted by molar-refractivity contribution is -0.124. The second-order valence-corrected chi connectivity index (χ2v) is 7.14. The molecule has 132 valence electrons. The molecule has 0 unspecified atom stereocenters. The molecular formula is C21H24ClNO2. The van der Waals surface area contributed by atoms with Gasteiger partial charge in [0, 0.05) is 6.04 Å². The van der Waals surface area contributed by atoms with Gasteiger partial charge in [-0.25, -0.2) is 0 Å². The van der Waals surface area contributed by atoms with Gasteiger partial charge in [-0.3, -0.25) is 4.79 Å². The highest BCUT2D eigenvalue weighted by Gasteiger charge is 2.22. The largest absolute Gasteiger partial charge is 0.482 e. The Hall–Kier alpha value is -2.00. The molecule has 2 aromatic rings. The fourth-order valence-corrected chi connectivity index (χ4v) is 3.59. The van der Waals surface area contributed by atoms with Gasteiger partial charge in [-0.15, -0.1) is 0 Å². The molecule has 1 saturated carbocycles. The fraction of sp³-hybridized carbons (Fsp3) is 0.381. The summed E-state index contributed by atoms with van der Waals surface area (Å²) < 4.78 is 5.62. The lowest BCUT2D eigenvalue weighted by Gasteiger charge is -2.29. The summed E-state index contributed by atoms with van der Waals surface area (Å²) in [5, 5.41) is 3.60. The first-order chi connectivity index (χ1) is 12.1. The highest BCUT2D eigenvalue weighted by Crippen LogP contribution is 2.30. The molecule has 1 aliphatic carbocycles. The van der Waals surface area contributed by atoms with Crippen LogP contribution in [0.25, 0.3) is 11.1 Å². The van der Waals surface area contributed by atoms with Gasteiger partial charge < -0.3 is 10.1 Å². The van der Waals surface area contributed by atoms with Gasteiger partial charge in [0.15, 0.2) is 6.61 Å². The minimum atomic E-state index is -0.0815. The van der Waals surface area contributed by atoms with Gasteiger partial charge in [-0.05, 0) is 42.0 Å². The molecule has 4 heteroatoms. The van der Waals surface area contributed by atoms with Crippen LogP contribution in [0.5, 0.6) is 5.75 Å². The van der Waals surface area contributed by atoms with Crippen LogP contribution in [0.15, 0.2) is 48.5 Å². The van der Waals surface area contributed by atoms with Gasteiger partial charge in [-0.1, -0.05) is 67.8 Å². The summed E-state index contributed by atoms with van der Waals surface area (Å²) in [6, 6.07) is 15.9. The van der Waals surface area contributed by atoms with Crippen molar-refractivity contribution in [3.05, 3.63) is 53.6 Å². The maximum Gasteiger partial charge on any atom is 0.258 e. The van der Waals surface area contributed by atoms with Crippen LogP contribution in [0.3, 0.4) is 0 Å². The third-order valence-corrected chi connectivity index (χ3v) is 5.15. The molecule has 1 amide bonds. The first-order valence-corrected chi connectivity index (χ1v) is 9.28. The summed E-state index contributed by atoms with van der Waals surface area (Å²) in [5.74, 6) is 0.988. The molecule has 0 saturated heterocycles. The Balaban J connectivity index is 1.57. The average molecular weight is 358 g/mol. The van der Waals surface area contributed by atoms with Crippen molar-refractivity contribution in [1.29, 1.82) is 0 Å². The normalized spacial score (nSPS) is 20.1. The maximum atomic E-state index is 12.2. The Morgan fingerprint density at radius 3 is 2.60 bits per heavy atom. The molecule has 0 aliphatic heterocycles. The topological polar surface area (TPSA) is 38.3 Å². The van der Waals surface area contributed by atoms with E-state index in [1.807, 2.05) is 48.5 Å². The molecule has 0 radical (unpaired) electrons. The number of rotatable bonds is 5. The van der Waals surface area contributed by atoms with Crippen molar-refractivity contribution >= 4 is 17.5 Å². The molecule has 3 nitrogen and oxygen atoms in total. The van der Waals surface area contributed by atoms with Crippen molar-refractivity contribution in [2.45, 2.75) is 38.6 Å². The molecule has 25 heavy (non-hydrogen) atoms. The minimum Gasteiger partial charge on any atom is -0.482 e. The Kier molecular flexibility index (Phi) is 5.98. The van der Waals surface area contributed by atoms with Crippen LogP contribution in [0.1, 0.15) is 32.6 Å². The van der Waals surface area contributed by atoms with E-state index >= 15 is 0 Å². The van der Waals surface area contributed by atoms with E-state index in [1.165, 1.54) is 19.3 Å². The second-order valence-electron chi connectivity index (χ2n) is 6.74. The van der Waals surface area contributed by atoms with Crippen molar-refractivity contribution in [3.8, 4) is 16.9 Å². The minimum absolute atomic E-state index is 0.00633. The highest BCUT2D eigenvalue weighted by molar-refractivity contribution is 6.32. The monoisotopic (exact) mass is 357 g/mol. The number of ether oxygens (including phenoxy) is 1. The van der Waals surface area contributed by atoms with E-state index in [4.69, 9.17) is 16.3 Å². The smallest absolute Gasteiger partial charge is 0.258 e. The zero-order valence-electron chi connectivity index (χ0n) is 14.5. The summed E-state index contributed by atoms with van der Waals surface area (Å²) in [6.07, 6.45) is 4.67. The number of hydrogen-bond donors (Lipinski definition) is 1. The first-order valence-electron chi connectivity index (χ1n) is 8.90. The SMILES string of the molecule is C[C@@H]1CCCC[C@@H]1NC(=O)COc1ccc(-c2ccccc2)cc1Cl. The zero-order chi connectivity index (χ0) is 17.6. The number of amides is 1. The van der Waals surface area contributed by atoms with E-state index in [-0.39, 0.29) is 18.6 Å². The summed E-state index contributed by atoms with van der Waals surface area (Å²) in [6.45, 7) is 2.19. The van der Waals surface area contributed by atoms with E-state index in [1.54, 1.807) is 0 Å². The molecule has 0 spiro atoms. The van der Waals surface area contributed by atoms with Crippen LogP contribution in [-0.2, 0) is 4.79 Å².